The van der Waals surface area contributed by atoms with E-state index < -0.39 is 5.60 Å². The molecular formula is C23H27NO. The van der Waals surface area contributed by atoms with Gasteiger partial charge in [-0.05, 0) is 43.2 Å². The number of nitrogens with zero attached hydrogens (tertiary/aromatic N) is 1. The highest BCUT2D eigenvalue weighted by Gasteiger charge is 2.46. The molecule has 2 heteroatoms. The van der Waals surface area contributed by atoms with Crippen LogP contribution in [0.2, 0.25) is 0 Å². The molecule has 2 fully saturated rings. The van der Waals surface area contributed by atoms with Crippen molar-refractivity contribution in [2.75, 3.05) is 0 Å². The molecule has 2 aliphatic rings. The molecule has 0 spiro atoms. The van der Waals surface area contributed by atoms with E-state index in [4.69, 9.17) is 0 Å². The van der Waals surface area contributed by atoms with Gasteiger partial charge in [-0.2, -0.15) is 0 Å². The van der Waals surface area contributed by atoms with Crippen molar-refractivity contribution in [1.29, 1.82) is 0 Å². The Morgan fingerprint density at radius 3 is 2.16 bits per heavy atom. The van der Waals surface area contributed by atoms with Gasteiger partial charge in [0, 0.05) is 18.6 Å². The first-order valence-corrected chi connectivity index (χ1v) is 9.46. The molecule has 130 valence electrons. The molecule has 4 rings (SSSR count). The monoisotopic (exact) mass is 333 g/mol. The van der Waals surface area contributed by atoms with Crippen molar-refractivity contribution in [2.45, 2.75) is 56.3 Å². The number of rotatable bonds is 5. The first kappa shape index (κ1) is 16.6. The Labute approximate surface area is 150 Å². The van der Waals surface area contributed by atoms with E-state index in [2.05, 4.69) is 71.6 Å². The zero-order chi connectivity index (χ0) is 17.1. The zero-order valence-electron chi connectivity index (χ0n) is 14.7. The fraction of sp³-hybridized carbons (Fsp3) is 0.391. The SMILES string of the molecule is OC1(C/C=C/c2ccccc2)CC2CCC(C1)N2Cc1ccccc1. The third-order valence-corrected chi connectivity index (χ3v) is 5.82. The van der Waals surface area contributed by atoms with Crippen molar-refractivity contribution in [1.82, 2.24) is 4.90 Å². The first-order chi connectivity index (χ1) is 12.2. The topological polar surface area (TPSA) is 23.5 Å². The van der Waals surface area contributed by atoms with E-state index in [1.54, 1.807) is 0 Å². The normalized spacial score (nSPS) is 29.3. The van der Waals surface area contributed by atoms with Crippen LogP contribution in [-0.4, -0.2) is 27.7 Å². The molecule has 2 aliphatic heterocycles. The van der Waals surface area contributed by atoms with E-state index in [0.29, 0.717) is 12.1 Å². The zero-order valence-corrected chi connectivity index (χ0v) is 14.7. The number of fused-ring (bicyclic) bond motifs is 2. The minimum absolute atomic E-state index is 0.522. The molecule has 2 unspecified atom stereocenters. The summed E-state index contributed by atoms with van der Waals surface area (Å²) in [4.78, 5) is 2.63. The second kappa shape index (κ2) is 7.15. The predicted octanol–water partition coefficient (Wildman–Crippen LogP) is 4.65. The highest BCUT2D eigenvalue weighted by atomic mass is 16.3. The molecule has 2 atom stereocenters. The van der Waals surface area contributed by atoms with Gasteiger partial charge in [0.2, 0.25) is 0 Å². The summed E-state index contributed by atoms with van der Waals surface area (Å²) in [5, 5.41) is 11.1. The van der Waals surface area contributed by atoms with Crippen molar-refractivity contribution in [3.05, 3.63) is 77.9 Å². The molecule has 2 heterocycles. The van der Waals surface area contributed by atoms with Gasteiger partial charge in [-0.25, -0.2) is 0 Å². The van der Waals surface area contributed by atoms with Crippen molar-refractivity contribution < 1.29 is 5.11 Å². The van der Waals surface area contributed by atoms with Gasteiger partial charge in [0.25, 0.3) is 0 Å². The summed E-state index contributed by atoms with van der Waals surface area (Å²) in [6.45, 7) is 1.02. The van der Waals surface area contributed by atoms with Gasteiger partial charge < -0.3 is 5.11 Å². The smallest absolute Gasteiger partial charge is 0.0711 e. The van der Waals surface area contributed by atoms with E-state index in [1.165, 1.54) is 24.0 Å². The van der Waals surface area contributed by atoms with Gasteiger partial charge in [-0.15, -0.1) is 0 Å². The lowest BCUT2D eigenvalue weighted by Crippen LogP contribution is -2.50. The Morgan fingerprint density at radius 1 is 0.920 bits per heavy atom. The maximum Gasteiger partial charge on any atom is 0.0711 e. The van der Waals surface area contributed by atoms with Crippen LogP contribution in [0.4, 0.5) is 0 Å². The Hall–Kier alpha value is -1.90. The van der Waals surface area contributed by atoms with Crippen LogP contribution in [0.3, 0.4) is 0 Å². The fourth-order valence-electron chi connectivity index (χ4n) is 4.61. The van der Waals surface area contributed by atoms with Crippen LogP contribution in [0.1, 0.15) is 43.2 Å². The largest absolute Gasteiger partial charge is 0.389 e. The van der Waals surface area contributed by atoms with Crippen LogP contribution in [0.15, 0.2) is 66.7 Å². The van der Waals surface area contributed by atoms with Gasteiger partial charge in [0.1, 0.15) is 0 Å². The maximum atomic E-state index is 11.1. The fourth-order valence-corrected chi connectivity index (χ4v) is 4.61. The summed E-state index contributed by atoms with van der Waals surface area (Å²) < 4.78 is 0. The predicted molar refractivity (Wildman–Crippen MR) is 103 cm³/mol. The van der Waals surface area contributed by atoms with Gasteiger partial charge in [0.15, 0.2) is 0 Å². The third kappa shape index (κ3) is 3.86. The van der Waals surface area contributed by atoms with Crippen LogP contribution in [-0.2, 0) is 6.54 Å². The molecule has 1 N–H and O–H groups in total. The van der Waals surface area contributed by atoms with Crippen molar-refractivity contribution in [2.24, 2.45) is 0 Å². The highest BCUT2D eigenvalue weighted by Crippen LogP contribution is 2.43. The van der Waals surface area contributed by atoms with E-state index >= 15 is 0 Å². The van der Waals surface area contributed by atoms with Crippen LogP contribution in [0, 0.1) is 0 Å². The Balaban J connectivity index is 1.39. The number of aliphatic hydroxyl groups is 1. The third-order valence-electron chi connectivity index (χ3n) is 5.82. The molecule has 2 saturated heterocycles. The summed E-state index contributed by atoms with van der Waals surface area (Å²) in [6.07, 6.45) is 9.29. The number of hydrogen-bond donors (Lipinski definition) is 1. The maximum absolute atomic E-state index is 11.1. The molecule has 2 aromatic rings. The second-order valence-electron chi connectivity index (χ2n) is 7.69. The standard InChI is InChI=1S/C23H27NO/c25-23(15-7-12-19-8-3-1-4-9-19)16-21-13-14-22(17-23)24(21)18-20-10-5-2-6-11-20/h1-12,21-22,25H,13-18H2/b12-7+. The van der Waals surface area contributed by atoms with Gasteiger partial charge in [-0.3, -0.25) is 4.90 Å². The van der Waals surface area contributed by atoms with Crippen LogP contribution < -0.4 is 0 Å². The minimum atomic E-state index is -0.537. The lowest BCUT2D eigenvalue weighted by Gasteiger charge is -2.43. The molecule has 0 aromatic heterocycles. The second-order valence-corrected chi connectivity index (χ2v) is 7.69. The summed E-state index contributed by atoms with van der Waals surface area (Å²) in [5.74, 6) is 0. The minimum Gasteiger partial charge on any atom is -0.389 e. The first-order valence-electron chi connectivity index (χ1n) is 9.46. The molecule has 2 aromatic carbocycles. The average Bonchev–Trinajstić information content (AvgIpc) is 2.88. The summed E-state index contributed by atoms with van der Waals surface area (Å²) >= 11 is 0. The lowest BCUT2D eigenvalue weighted by atomic mass is 9.83. The van der Waals surface area contributed by atoms with Crippen molar-refractivity contribution in [3.8, 4) is 0 Å². The van der Waals surface area contributed by atoms with E-state index in [1.807, 2.05) is 6.07 Å². The Kier molecular flexibility index (Phi) is 4.74. The Morgan fingerprint density at radius 2 is 1.52 bits per heavy atom. The summed E-state index contributed by atoms with van der Waals surface area (Å²) in [7, 11) is 0. The van der Waals surface area contributed by atoms with Gasteiger partial charge in [0.05, 0.1) is 5.60 Å². The van der Waals surface area contributed by atoms with Crippen LogP contribution in [0.5, 0.6) is 0 Å². The molecule has 25 heavy (non-hydrogen) atoms. The summed E-state index contributed by atoms with van der Waals surface area (Å²) in [6, 6.07) is 22.1. The molecule has 0 radical (unpaired) electrons. The highest BCUT2D eigenvalue weighted by molar-refractivity contribution is 5.48. The molecule has 0 amide bonds. The quantitative estimate of drug-likeness (QED) is 0.861. The van der Waals surface area contributed by atoms with Gasteiger partial charge >= 0.3 is 0 Å². The van der Waals surface area contributed by atoms with E-state index in [-0.39, 0.29) is 0 Å². The van der Waals surface area contributed by atoms with E-state index in [9.17, 15) is 5.11 Å². The lowest BCUT2D eigenvalue weighted by molar-refractivity contribution is -0.0521. The molecular weight excluding hydrogens is 306 g/mol. The van der Waals surface area contributed by atoms with Crippen molar-refractivity contribution in [3.63, 3.8) is 0 Å². The van der Waals surface area contributed by atoms with Crippen LogP contribution >= 0.6 is 0 Å². The number of piperidine rings is 1. The molecule has 2 nitrogen and oxygen atoms in total. The molecule has 0 aliphatic carbocycles. The molecule has 0 saturated carbocycles. The van der Waals surface area contributed by atoms with Gasteiger partial charge in [-0.1, -0.05) is 72.8 Å². The van der Waals surface area contributed by atoms with E-state index in [0.717, 1.165) is 25.8 Å². The average molecular weight is 333 g/mol. The number of hydrogen-bond acceptors (Lipinski definition) is 2. The number of benzene rings is 2. The van der Waals surface area contributed by atoms with Crippen molar-refractivity contribution >= 4 is 6.08 Å². The molecule has 2 bridgehead atoms. The van der Waals surface area contributed by atoms with Crippen LogP contribution in [0.25, 0.3) is 6.08 Å². The summed E-state index contributed by atoms with van der Waals surface area (Å²) in [5.41, 5.74) is 2.05. The Bertz CT molecular complexity index is 695.